The van der Waals surface area contributed by atoms with Crippen LogP contribution in [0, 0.1) is 5.92 Å². The van der Waals surface area contributed by atoms with E-state index < -0.39 is 0 Å². The maximum Gasteiger partial charge on any atom is 0.0250 e. The molecular formula is C14H25N. The number of nitrogens with one attached hydrogen (secondary N) is 1. The molecule has 2 aliphatic carbocycles. The minimum absolute atomic E-state index is 0.683. The summed E-state index contributed by atoms with van der Waals surface area (Å²) in [6.45, 7) is 1.23. The van der Waals surface area contributed by atoms with Gasteiger partial charge in [0.05, 0.1) is 0 Å². The number of rotatable bonds is 5. The highest BCUT2D eigenvalue weighted by atomic mass is 14.9. The second-order valence-corrected chi connectivity index (χ2v) is 5.21. The Morgan fingerprint density at radius 1 is 1.07 bits per heavy atom. The van der Waals surface area contributed by atoms with Crippen LogP contribution in [0.4, 0.5) is 0 Å². The third-order valence-electron chi connectivity index (χ3n) is 3.92. The van der Waals surface area contributed by atoms with Gasteiger partial charge in [0.1, 0.15) is 0 Å². The van der Waals surface area contributed by atoms with E-state index in [9.17, 15) is 0 Å². The van der Waals surface area contributed by atoms with Gasteiger partial charge < -0.3 is 5.32 Å². The SMILES string of the molecule is C1=CC(NCCCC2CCCC2)CCC1. The summed E-state index contributed by atoms with van der Waals surface area (Å²) >= 11 is 0. The Balaban J connectivity index is 1.50. The summed E-state index contributed by atoms with van der Waals surface area (Å²) in [4.78, 5) is 0. The molecule has 1 fully saturated rings. The maximum absolute atomic E-state index is 3.66. The summed E-state index contributed by atoms with van der Waals surface area (Å²) in [6, 6.07) is 0.683. The van der Waals surface area contributed by atoms with Crippen LogP contribution < -0.4 is 5.32 Å². The van der Waals surface area contributed by atoms with Gasteiger partial charge in [0.15, 0.2) is 0 Å². The molecule has 0 aromatic rings. The van der Waals surface area contributed by atoms with Crippen LogP contribution >= 0.6 is 0 Å². The molecule has 0 spiro atoms. The number of hydrogen-bond acceptors (Lipinski definition) is 1. The van der Waals surface area contributed by atoms with E-state index in [-0.39, 0.29) is 0 Å². The van der Waals surface area contributed by atoms with Gasteiger partial charge in [-0.25, -0.2) is 0 Å². The third kappa shape index (κ3) is 3.98. The van der Waals surface area contributed by atoms with Gasteiger partial charge in [-0.1, -0.05) is 37.8 Å². The van der Waals surface area contributed by atoms with Crippen molar-refractivity contribution in [2.45, 2.75) is 63.8 Å². The highest BCUT2D eigenvalue weighted by molar-refractivity contribution is 4.97. The van der Waals surface area contributed by atoms with E-state index in [0.717, 1.165) is 5.92 Å². The molecular weight excluding hydrogens is 182 g/mol. The standard InChI is InChI=1S/C14H25N/c1-2-10-14(11-3-1)15-12-6-9-13-7-4-5-8-13/h2,10,13-15H,1,3-9,11-12H2. The molecule has 0 radical (unpaired) electrons. The van der Waals surface area contributed by atoms with Crippen molar-refractivity contribution in [3.05, 3.63) is 12.2 Å². The van der Waals surface area contributed by atoms with Gasteiger partial charge in [-0.2, -0.15) is 0 Å². The lowest BCUT2D eigenvalue weighted by atomic mass is 10.0. The molecule has 15 heavy (non-hydrogen) atoms. The van der Waals surface area contributed by atoms with Gasteiger partial charge in [0, 0.05) is 6.04 Å². The molecule has 1 atom stereocenters. The van der Waals surface area contributed by atoms with E-state index in [1.165, 1.54) is 64.3 Å². The predicted molar refractivity (Wildman–Crippen MR) is 66.0 cm³/mol. The minimum Gasteiger partial charge on any atom is -0.311 e. The number of hydrogen-bond donors (Lipinski definition) is 1. The molecule has 2 rings (SSSR count). The summed E-state index contributed by atoms with van der Waals surface area (Å²) in [5.41, 5.74) is 0. The molecule has 0 saturated heterocycles. The Morgan fingerprint density at radius 2 is 1.93 bits per heavy atom. The molecule has 0 aromatic heterocycles. The average molecular weight is 207 g/mol. The average Bonchev–Trinajstić information content (AvgIpc) is 2.79. The normalized spacial score (nSPS) is 27.3. The largest absolute Gasteiger partial charge is 0.311 e. The first-order valence-electron chi connectivity index (χ1n) is 6.85. The van der Waals surface area contributed by atoms with Crippen molar-refractivity contribution >= 4 is 0 Å². The maximum atomic E-state index is 3.66. The van der Waals surface area contributed by atoms with Crippen LogP contribution in [0.2, 0.25) is 0 Å². The van der Waals surface area contributed by atoms with E-state index in [2.05, 4.69) is 17.5 Å². The van der Waals surface area contributed by atoms with Crippen molar-refractivity contribution in [2.75, 3.05) is 6.54 Å². The Morgan fingerprint density at radius 3 is 2.67 bits per heavy atom. The monoisotopic (exact) mass is 207 g/mol. The molecule has 1 heteroatoms. The van der Waals surface area contributed by atoms with Crippen molar-refractivity contribution in [1.82, 2.24) is 5.32 Å². The molecule has 0 aromatic carbocycles. The van der Waals surface area contributed by atoms with E-state index >= 15 is 0 Å². The molecule has 0 bridgehead atoms. The second kappa shape index (κ2) is 6.32. The van der Waals surface area contributed by atoms with Crippen LogP contribution in [0.15, 0.2) is 12.2 Å². The fourth-order valence-electron chi connectivity index (χ4n) is 2.96. The van der Waals surface area contributed by atoms with Gasteiger partial charge >= 0.3 is 0 Å². The van der Waals surface area contributed by atoms with Crippen LogP contribution in [0.3, 0.4) is 0 Å². The molecule has 0 heterocycles. The first kappa shape index (κ1) is 11.2. The quantitative estimate of drug-likeness (QED) is 0.536. The van der Waals surface area contributed by atoms with Crippen molar-refractivity contribution in [3.8, 4) is 0 Å². The van der Waals surface area contributed by atoms with Crippen LogP contribution in [0.25, 0.3) is 0 Å². The van der Waals surface area contributed by atoms with Gasteiger partial charge in [0.25, 0.3) is 0 Å². The van der Waals surface area contributed by atoms with Crippen molar-refractivity contribution in [2.24, 2.45) is 5.92 Å². The summed E-state index contributed by atoms with van der Waals surface area (Å²) < 4.78 is 0. The zero-order valence-corrected chi connectivity index (χ0v) is 9.88. The Kier molecular flexibility index (Phi) is 4.72. The Bertz CT molecular complexity index is 192. The lowest BCUT2D eigenvalue weighted by molar-refractivity contribution is 0.449. The van der Waals surface area contributed by atoms with Crippen LogP contribution in [-0.2, 0) is 0 Å². The predicted octanol–water partition coefficient (Wildman–Crippen LogP) is 3.66. The lowest BCUT2D eigenvalue weighted by Gasteiger charge is -2.18. The molecule has 1 nitrogen and oxygen atoms in total. The fraction of sp³-hybridized carbons (Fsp3) is 0.857. The lowest BCUT2D eigenvalue weighted by Crippen LogP contribution is -2.29. The molecule has 1 saturated carbocycles. The Labute approximate surface area is 94.3 Å². The minimum atomic E-state index is 0.683. The van der Waals surface area contributed by atoms with Crippen molar-refractivity contribution < 1.29 is 0 Å². The fourth-order valence-corrected chi connectivity index (χ4v) is 2.96. The van der Waals surface area contributed by atoms with E-state index in [1.807, 2.05) is 0 Å². The van der Waals surface area contributed by atoms with E-state index in [1.54, 1.807) is 0 Å². The van der Waals surface area contributed by atoms with Crippen LogP contribution in [0.5, 0.6) is 0 Å². The van der Waals surface area contributed by atoms with E-state index in [0.29, 0.717) is 6.04 Å². The van der Waals surface area contributed by atoms with Crippen LogP contribution in [-0.4, -0.2) is 12.6 Å². The first-order chi connectivity index (χ1) is 7.45. The number of allylic oxidation sites excluding steroid dienone is 1. The highest BCUT2D eigenvalue weighted by Crippen LogP contribution is 2.28. The Hall–Kier alpha value is -0.300. The van der Waals surface area contributed by atoms with Gasteiger partial charge in [-0.15, -0.1) is 0 Å². The molecule has 2 aliphatic rings. The zero-order chi connectivity index (χ0) is 10.3. The molecule has 86 valence electrons. The highest BCUT2D eigenvalue weighted by Gasteiger charge is 2.14. The second-order valence-electron chi connectivity index (χ2n) is 5.21. The van der Waals surface area contributed by atoms with Gasteiger partial charge in [-0.05, 0) is 44.6 Å². The summed E-state index contributed by atoms with van der Waals surface area (Å²) in [5, 5.41) is 3.66. The van der Waals surface area contributed by atoms with Gasteiger partial charge in [0.2, 0.25) is 0 Å². The zero-order valence-electron chi connectivity index (χ0n) is 9.88. The first-order valence-corrected chi connectivity index (χ1v) is 6.85. The molecule has 1 unspecified atom stereocenters. The topological polar surface area (TPSA) is 12.0 Å². The van der Waals surface area contributed by atoms with Crippen molar-refractivity contribution in [1.29, 1.82) is 0 Å². The summed E-state index contributed by atoms with van der Waals surface area (Å²) in [5.74, 6) is 1.06. The van der Waals surface area contributed by atoms with Gasteiger partial charge in [-0.3, -0.25) is 0 Å². The van der Waals surface area contributed by atoms with Crippen molar-refractivity contribution in [3.63, 3.8) is 0 Å². The third-order valence-corrected chi connectivity index (χ3v) is 3.92. The molecule has 0 aliphatic heterocycles. The van der Waals surface area contributed by atoms with Crippen LogP contribution in [0.1, 0.15) is 57.8 Å². The van der Waals surface area contributed by atoms with E-state index in [4.69, 9.17) is 0 Å². The summed E-state index contributed by atoms with van der Waals surface area (Å²) in [7, 11) is 0. The molecule has 0 amide bonds. The molecule has 1 N–H and O–H groups in total. The summed E-state index contributed by atoms with van der Waals surface area (Å²) in [6.07, 6.45) is 17.5. The smallest absolute Gasteiger partial charge is 0.0250 e.